The standard InChI is InChI=1S/C11H13ClN4/c1-8-9(3-4-10(12)15-8)14-7-11-13-5-6-16(11)2/h3-6,14H,7H2,1-2H3. The van der Waals surface area contributed by atoms with Crippen LogP contribution in [0.1, 0.15) is 11.5 Å². The Labute approximate surface area is 99.3 Å². The van der Waals surface area contributed by atoms with Crippen LogP contribution in [-0.2, 0) is 13.6 Å². The third kappa shape index (κ3) is 2.33. The van der Waals surface area contributed by atoms with Crippen LogP contribution in [-0.4, -0.2) is 14.5 Å². The molecule has 2 heterocycles. The minimum absolute atomic E-state index is 0.514. The summed E-state index contributed by atoms with van der Waals surface area (Å²) in [7, 11) is 1.97. The highest BCUT2D eigenvalue weighted by atomic mass is 35.5. The van der Waals surface area contributed by atoms with Gasteiger partial charge < -0.3 is 9.88 Å². The smallest absolute Gasteiger partial charge is 0.129 e. The summed E-state index contributed by atoms with van der Waals surface area (Å²) in [5.74, 6) is 0.981. The maximum absolute atomic E-state index is 5.79. The van der Waals surface area contributed by atoms with E-state index >= 15 is 0 Å². The van der Waals surface area contributed by atoms with Gasteiger partial charge in [0.1, 0.15) is 11.0 Å². The van der Waals surface area contributed by atoms with E-state index in [1.54, 1.807) is 12.3 Å². The number of hydrogen-bond donors (Lipinski definition) is 1. The normalized spacial score (nSPS) is 10.4. The number of pyridine rings is 1. The molecule has 2 rings (SSSR count). The lowest BCUT2D eigenvalue weighted by atomic mass is 10.3. The number of hydrogen-bond acceptors (Lipinski definition) is 3. The minimum atomic E-state index is 0.514. The number of aryl methyl sites for hydroxylation is 2. The summed E-state index contributed by atoms with van der Waals surface area (Å²) in [5.41, 5.74) is 1.87. The van der Waals surface area contributed by atoms with E-state index in [2.05, 4.69) is 15.3 Å². The lowest BCUT2D eigenvalue weighted by molar-refractivity contribution is 0.812. The number of anilines is 1. The molecular formula is C11H13ClN4. The second-order valence-electron chi connectivity index (χ2n) is 3.57. The zero-order valence-electron chi connectivity index (χ0n) is 9.24. The summed E-state index contributed by atoms with van der Waals surface area (Å²) in [4.78, 5) is 8.40. The largest absolute Gasteiger partial charge is 0.376 e. The van der Waals surface area contributed by atoms with Crippen molar-refractivity contribution in [3.63, 3.8) is 0 Å². The second-order valence-corrected chi connectivity index (χ2v) is 3.96. The van der Waals surface area contributed by atoms with Gasteiger partial charge in [-0.3, -0.25) is 0 Å². The average molecular weight is 237 g/mol. The molecule has 2 aromatic heterocycles. The van der Waals surface area contributed by atoms with Gasteiger partial charge in [0.2, 0.25) is 0 Å². The zero-order valence-corrected chi connectivity index (χ0v) is 9.99. The predicted molar refractivity (Wildman–Crippen MR) is 64.5 cm³/mol. The van der Waals surface area contributed by atoms with Crippen molar-refractivity contribution < 1.29 is 0 Å². The van der Waals surface area contributed by atoms with E-state index in [1.807, 2.05) is 30.8 Å². The van der Waals surface area contributed by atoms with Gasteiger partial charge in [-0.15, -0.1) is 0 Å². The summed E-state index contributed by atoms with van der Waals surface area (Å²) < 4.78 is 1.98. The molecule has 0 saturated carbocycles. The SMILES string of the molecule is Cc1nc(Cl)ccc1NCc1nccn1C. The molecule has 0 radical (unpaired) electrons. The van der Waals surface area contributed by atoms with E-state index in [0.717, 1.165) is 17.2 Å². The van der Waals surface area contributed by atoms with E-state index in [0.29, 0.717) is 11.7 Å². The van der Waals surface area contributed by atoms with Crippen molar-refractivity contribution in [3.8, 4) is 0 Å². The molecule has 1 N–H and O–H groups in total. The molecule has 0 aliphatic heterocycles. The summed E-state index contributed by atoms with van der Waals surface area (Å²) in [5, 5.41) is 3.79. The zero-order chi connectivity index (χ0) is 11.5. The lowest BCUT2D eigenvalue weighted by Crippen LogP contribution is -2.07. The molecule has 0 atom stereocenters. The molecule has 84 valence electrons. The van der Waals surface area contributed by atoms with E-state index in [1.165, 1.54) is 0 Å². The number of aromatic nitrogens is 3. The van der Waals surface area contributed by atoms with Gasteiger partial charge in [-0.25, -0.2) is 9.97 Å². The molecule has 5 heteroatoms. The van der Waals surface area contributed by atoms with E-state index in [4.69, 9.17) is 11.6 Å². The molecule has 0 fully saturated rings. The highest BCUT2D eigenvalue weighted by Crippen LogP contribution is 2.16. The van der Waals surface area contributed by atoms with Crippen LogP contribution in [0.2, 0.25) is 5.15 Å². The van der Waals surface area contributed by atoms with Gasteiger partial charge in [0.25, 0.3) is 0 Å². The van der Waals surface area contributed by atoms with Crippen LogP contribution in [0.5, 0.6) is 0 Å². The Bertz CT molecular complexity index is 492. The van der Waals surface area contributed by atoms with Gasteiger partial charge in [0.15, 0.2) is 0 Å². The third-order valence-corrected chi connectivity index (χ3v) is 2.62. The molecule has 0 aliphatic carbocycles. The monoisotopic (exact) mass is 236 g/mol. The van der Waals surface area contributed by atoms with Gasteiger partial charge in [-0.1, -0.05) is 11.6 Å². The number of rotatable bonds is 3. The van der Waals surface area contributed by atoms with Crippen molar-refractivity contribution in [1.29, 1.82) is 0 Å². The first kappa shape index (κ1) is 11.0. The number of nitrogens with zero attached hydrogens (tertiary/aromatic N) is 3. The summed E-state index contributed by atoms with van der Waals surface area (Å²) in [6.07, 6.45) is 3.70. The number of nitrogens with one attached hydrogen (secondary N) is 1. The highest BCUT2D eigenvalue weighted by molar-refractivity contribution is 6.29. The summed E-state index contributed by atoms with van der Waals surface area (Å²) in [6, 6.07) is 3.70. The fourth-order valence-corrected chi connectivity index (χ4v) is 1.65. The van der Waals surface area contributed by atoms with Crippen molar-refractivity contribution in [3.05, 3.63) is 41.2 Å². The Kier molecular flexibility index (Phi) is 3.10. The predicted octanol–water partition coefficient (Wildman–Crippen LogP) is 2.39. The second kappa shape index (κ2) is 4.53. The molecule has 4 nitrogen and oxygen atoms in total. The Balaban J connectivity index is 2.08. The van der Waals surface area contributed by atoms with Crippen LogP contribution in [0.3, 0.4) is 0 Å². The van der Waals surface area contributed by atoms with Gasteiger partial charge in [-0.2, -0.15) is 0 Å². The van der Waals surface area contributed by atoms with Crippen molar-refractivity contribution in [2.45, 2.75) is 13.5 Å². The first-order chi connectivity index (χ1) is 7.66. The molecule has 0 aliphatic rings. The van der Waals surface area contributed by atoms with Gasteiger partial charge in [0, 0.05) is 19.4 Å². The van der Waals surface area contributed by atoms with Crippen LogP contribution in [0.25, 0.3) is 0 Å². The highest BCUT2D eigenvalue weighted by Gasteiger charge is 2.02. The van der Waals surface area contributed by atoms with Gasteiger partial charge in [-0.05, 0) is 19.1 Å². The van der Waals surface area contributed by atoms with Crippen LogP contribution in [0, 0.1) is 6.92 Å². The quantitative estimate of drug-likeness (QED) is 0.833. The molecule has 0 spiro atoms. The van der Waals surface area contributed by atoms with Gasteiger partial charge in [0.05, 0.1) is 17.9 Å². The van der Waals surface area contributed by atoms with Crippen molar-refractivity contribution in [2.24, 2.45) is 7.05 Å². The minimum Gasteiger partial charge on any atom is -0.376 e. The topological polar surface area (TPSA) is 42.7 Å². The Morgan fingerprint density at radius 3 is 2.88 bits per heavy atom. The van der Waals surface area contributed by atoms with Crippen LogP contribution < -0.4 is 5.32 Å². The molecule has 2 aromatic rings. The summed E-state index contributed by atoms with van der Waals surface area (Å²) in [6.45, 7) is 2.60. The Morgan fingerprint density at radius 2 is 2.25 bits per heavy atom. The van der Waals surface area contributed by atoms with Crippen molar-refractivity contribution in [1.82, 2.24) is 14.5 Å². The molecule has 0 aromatic carbocycles. The van der Waals surface area contributed by atoms with Crippen LogP contribution >= 0.6 is 11.6 Å². The maximum Gasteiger partial charge on any atom is 0.129 e. The van der Waals surface area contributed by atoms with Crippen molar-refractivity contribution in [2.75, 3.05) is 5.32 Å². The van der Waals surface area contributed by atoms with Crippen LogP contribution in [0.15, 0.2) is 24.5 Å². The Hall–Kier alpha value is -1.55. The average Bonchev–Trinajstić information content (AvgIpc) is 2.63. The summed E-state index contributed by atoms with van der Waals surface area (Å²) >= 11 is 5.79. The molecule has 0 saturated heterocycles. The number of halogens is 1. The third-order valence-electron chi connectivity index (χ3n) is 2.41. The molecular weight excluding hydrogens is 224 g/mol. The molecule has 0 unspecified atom stereocenters. The maximum atomic E-state index is 5.79. The van der Waals surface area contributed by atoms with E-state index in [-0.39, 0.29) is 0 Å². The molecule has 0 bridgehead atoms. The van der Waals surface area contributed by atoms with Crippen molar-refractivity contribution >= 4 is 17.3 Å². The van der Waals surface area contributed by atoms with E-state index < -0.39 is 0 Å². The fourth-order valence-electron chi connectivity index (χ4n) is 1.46. The van der Waals surface area contributed by atoms with E-state index in [9.17, 15) is 0 Å². The van der Waals surface area contributed by atoms with Crippen LogP contribution in [0.4, 0.5) is 5.69 Å². The first-order valence-electron chi connectivity index (χ1n) is 5.00. The molecule has 16 heavy (non-hydrogen) atoms. The van der Waals surface area contributed by atoms with Gasteiger partial charge >= 0.3 is 0 Å². The lowest BCUT2D eigenvalue weighted by Gasteiger charge is -2.08. The number of imidazole rings is 1. The molecule has 0 amide bonds. The fraction of sp³-hybridized carbons (Fsp3) is 0.273. The Morgan fingerprint density at radius 1 is 1.44 bits per heavy atom. The first-order valence-corrected chi connectivity index (χ1v) is 5.38.